The van der Waals surface area contributed by atoms with E-state index >= 15 is 0 Å². The summed E-state index contributed by atoms with van der Waals surface area (Å²) in [4.78, 5) is 8.94. The molecule has 0 aliphatic rings. The topological polar surface area (TPSA) is 60.7 Å². The van der Waals surface area contributed by atoms with Crippen LogP contribution in [0, 0.1) is 0 Å². The van der Waals surface area contributed by atoms with E-state index in [-0.39, 0.29) is 0 Å². The van der Waals surface area contributed by atoms with E-state index in [4.69, 9.17) is 14.5 Å². The molecule has 0 aliphatic heterocycles. The molecule has 0 saturated heterocycles. The SMILES string of the molecule is COc1ccc(OC)c(Nc2c(-c3ccc(Br)cc3)nc3cnccn23)c1. The number of benzene rings is 2. The maximum Gasteiger partial charge on any atom is 0.157 e. The molecule has 27 heavy (non-hydrogen) atoms. The first-order chi connectivity index (χ1) is 13.2. The number of aromatic nitrogens is 3. The second-order valence-corrected chi connectivity index (χ2v) is 6.73. The van der Waals surface area contributed by atoms with Gasteiger partial charge in [-0.3, -0.25) is 9.38 Å². The van der Waals surface area contributed by atoms with Gasteiger partial charge < -0.3 is 14.8 Å². The lowest BCUT2D eigenvalue weighted by Gasteiger charge is -2.14. The highest BCUT2D eigenvalue weighted by Gasteiger charge is 2.16. The monoisotopic (exact) mass is 424 g/mol. The van der Waals surface area contributed by atoms with Crippen molar-refractivity contribution in [2.24, 2.45) is 0 Å². The van der Waals surface area contributed by atoms with Gasteiger partial charge in [0.25, 0.3) is 0 Å². The largest absolute Gasteiger partial charge is 0.497 e. The zero-order valence-electron chi connectivity index (χ0n) is 14.8. The van der Waals surface area contributed by atoms with Crippen LogP contribution < -0.4 is 14.8 Å². The Balaban J connectivity index is 1.88. The third-order valence-electron chi connectivity index (χ3n) is 4.21. The lowest BCUT2D eigenvalue weighted by molar-refractivity contribution is 0.405. The average Bonchev–Trinajstić information content (AvgIpc) is 3.07. The van der Waals surface area contributed by atoms with Gasteiger partial charge in [-0.05, 0) is 24.3 Å². The molecule has 0 amide bonds. The molecule has 4 rings (SSSR count). The minimum absolute atomic E-state index is 0.710. The fraction of sp³-hybridized carbons (Fsp3) is 0.100. The van der Waals surface area contributed by atoms with Crippen LogP contribution in [0.4, 0.5) is 11.5 Å². The van der Waals surface area contributed by atoms with Crippen LogP contribution in [-0.2, 0) is 0 Å². The lowest BCUT2D eigenvalue weighted by atomic mass is 10.1. The van der Waals surface area contributed by atoms with Crippen LogP contribution >= 0.6 is 15.9 Å². The van der Waals surface area contributed by atoms with Gasteiger partial charge in [0.15, 0.2) is 5.65 Å². The van der Waals surface area contributed by atoms with E-state index in [0.29, 0.717) is 5.75 Å². The number of fused-ring (bicyclic) bond motifs is 1. The van der Waals surface area contributed by atoms with Crippen molar-refractivity contribution >= 4 is 33.1 Å². The van der Waals surface area contributed by atoms with Crippen molar-refractivity contribution in [2.45, 2.75) is 0 Å². The van der Waals surface area contributed by atoms with Gasteiger partial charge in [-0.25, -0.2) is 4.98 Å². The van der Waals surface area contributed by atoms with Crippen LogP contribution in [0.25, 0.3) is 16.9 Å². The van der Waals surface area contributed by atoms with E-state index in [9.17, 15) is 0 Å². The highest BCUT2D eigenvalue weighted by Crippen LogP contribution is 2.36. The van der Waals surface area contributed by atoms with Crippen molar-refractivity contribution in [1.82, 2.24) is 14.4 Å². The number of halogens is 1. The van der Waals surface area contributed by atoms with Crippen LogP contribution in [0.2, 0.25) is 0 Å². The van der Waals surface area contributed by atoms with Crippen LogP contribution in [0.5, 0.6) is 11.5 Å². The van der Waals surface area contributed by atoms with E-state index in [1.54, 1.807) is 26.6 Å². The van der Waals surface area contributed by atoms with Gasteiger partial charge in [-0.2, -0.15) is 0 Å². The fourth-order valence-electron chi connectivity index (χ4n) is 2.87. The van der Waals surface area contributed by atoms with Crippen molar-refractivity contribution in [2.75, 3.05) is 19.5 Å². The minimum Gasteiger partial charge on any atom is -0.497 e. The van der Waals surface area contributed by atoms with Gasteiger partial charge in [0.1, 0.15) is 23.0 Å². The van der Waals surface area contributed by atoms with Gasteiger partial charge in [-0.15, -0.1) is 0 Å². The molecule has 0 atom stereocenters. The molecule has 7 heteroatoms. The number of nitrogens with one attached hydrogen (secondary N) is 1. The van der Waals surface area contributed by atoms with E-state index < -0.39 is 0 Å². The van der Waals surface area contributed by atoms with Gasteiger partial charge in [0, 0.05) is 28.5 Å². The van der Waals surface area contributed by atoms with E-state index in [0.717, 1.165) is 38.6 Å². The fourth-order valence-corrected chi connectivity index (χ4v) is 3.14. The van der Waals surface area contributed by atoms with Crippen molar-refractivity contribution in [1.29, 1.82) is 0 Å². The predicted molar refractivity (Wildman–Crippen MR) is 109 cm³/mol. The van der Waals surface area contributed by atoms with Crippen LogP contribution in [-0.4, -0.2) is 28.6 Å². The third kappa shape index (κ3) is 3.33. The summed E-state index contributed by atoms with van der Waals surface area (Å²) in [6.07, 6.45) is 5.34. The summed E-state index contributed by atoms with van der Waals surface area (Å²) in [7, 11) is 3.28. The molecule has 0 saturated carbocycles. The molecular formula is C20H17BrN4O2. The standard InChI is InChI=1S/C20H17BrN4O2/c1-26-15-7-8-17(27-2)16(11-15)23-20-19(13-3-5-14(21)6-4-13)24-18-12-22-9-10-25(18)20/h3-12,23H,1-2H3. The van der Waals surface area contributed by atoms with Gasteiger partial charge >= 0.3 is 0 Å². The molecule has 0 bridgehead atoms. The lowest BCUT2D eigenvalue weighted by Crippen LogP contribution is -2.00. The molecule has 0 aliphatic carbocycles. The van der Waals surface area contributed by atoms with Crippen LogP contribution in [0.3, 0.4) is 0 Å². The second kappa shape index (κ2) is 7.28. The number of hydrogen-bond acceptors (Lipinski definition) is 5. The first kappa shape index (κ1) is 17.4. The number of imidazole rings is 1. The normalized spacial score (nSPS) is 10.8. The summed E-state index contributed by atoms with van der Waals surface area (Å²) in [5.74, 6) is 2.27. The zero-order chi connectivity index (χ0) is 18.8. The molecule has 136 valence electrons. The molecule has 2 aromatic heterocycles. The van der Waals surface area contributed by atoms with Crippen molar-refractivity contribution in [3.63, 3.8) is 0 Å². The Morgan fingerprint density at radius 3 is 2.59 bits per heavy atom. The smallest absolute Gasteiger partial charge is 0.157 e. The van der Waals surface area contributed by atoms with Crippen molar-refractivity contribution < 1.29 is 9.47 Å². The van der Waals surface area contributed by atoms with E-state index in [2.05, 4.69) is 26.2 Å². The Bertz CT molecular complexity index is 1090. The summed E-state index contributed by atoms with van der Waals surface area (Å²) in [5.41, 5.74) is 3.35. The third-order valence-corrected chi connectivity index (χ3v) is 4.74. The Morgan fingerprint density at radius 1 is 1.04 bits per heavy atom. The number of nitrogens with zero attached hydrogens (tertiary/aromatic N) is 3. The molecule has 0 spiro atoms. The number of hydrogen-bond donors (Lipinski definition) is 1. The summed E-state index contributed by atoms with van der Waals surface area (Å²) in [6.45, 7) is 0. The van der Waals surface area contributed by atoms with Crippen LogP contribution in [0.15, 0.2) is 65.5 Å². The van der Waals surface area contributed by atoms with Crippen molar-refractivity contribution in [3.05, 3.63) is 65.5 Å². The Hall–Kier alpha value is -3.06. The summed E-state index contributed by atoms with van der Waals surface area (Å²) in [6, 6.07) is 13.6. The minimum atomic E-state index is 0.710. The maximum atomic E-state index is 5.50. The molecular weight excluding hydrogens is 408 g/mol. The number of anilines is 2. The molecule has 2 aromatic carbocycles. The quantitative estimate of drug-likeness (QED) is 0.492. The first-order valence-electron chi connectivity index (χ1n) is 8.26. The summed E-state index contributed by atoms with van der Waals surface area (Å²) >= 11 is 3.48. The molecule has 4 aromatic rings. The van der Waals surface area contributed by atoms with E-state index in [1.165, 1.54) is 0 Å². The molecule has 6 nitrogen and oxygen atoms in total. The highest BCUT2D eigenvalue weighted by atomic mass is 79.9. The Labute approximate surface area is 164 Å². The number of rotatable bonds is 5. The Morgan fingerprint density at radius 2 is 1.85 bits per heavy atom. The summed E-state index contributed by atoms with van der Waals surface area (Å²) in [5, 5.41) is 3.46. The molecule has 0 unspecified atom stereocenters. The van der Waals surface area contributed by atoms with Crippen molar-refractivity contribution in [3.8, 4) is 22.8 Å². The van der Waals surface area contributed by atoms with E-state index in [1.807, 2.05) is 53.1 Å². The molecule has 0 fully saturated rings. The molecule has 1 N–H and O–H groups in total. The number of ether oxygens (including phenoxy) is 2. The van der Waals surface area contributed by atoms with Gasteiger partial charge in [-0.1, -0.05) is 28.1 Å². The van der Waals surface area contributed by atoms with Gasteiger partial charge in [0.2, 0.25) is 0 Å². The summed E-state index contributed by atoms with van der Waals surface area (Å²) < 4.78 is 13.8. The molecule has 0 radical (unpaired) electrons. The predicted octanol–water partition coefficient (Wildman–Crippen LogP) is 4.92. The average molecular weight is 425 g/mol. The second-order valence-electron chi connectivity index (χ2n) is 5.81. The highest BCUT2D eigenvalue weighted by molar-refractivity contribution is 9.10. The zero-order valence-corrected chi connectivity index (χ0v) is 16.4. The van der Waals surface area contributed by atoms with Crippen LogP contribution in [0.1, 0.15) is 0 Å². The molecule has 2 heterocycles. The first-order valence-corrected chi connectivity index (χ1v) is 9.06. The Kier molecular flexibility index (Phi) is 4.68. The number of methoxy groups -OCH3 is 2. The maximum absolute atomic E-state index is 5.50. The van der Waals surface area contributed by atoms with Gasteiger partial charge in [0.05, 0.1) is 26.1 Å².